The zero-order valence-electron chi connectivity index (χ0n) is 15.3. The second-order valence-electron chi connectivity index (χ2n) is 8.21. The Balaban J connectivity index is 1.66. The molecule has 27 heavy (non-hydrogen) atoms. The highest BCUT2D eigenvalue weighted by Crippen LogP contribution is 2.47. The van der Waals surface area contributed by atoms with Crippen LogP contribution in [0.15, 0.2) is 23.0 Å². The molecular formula is C20H23N3O4. The van der Waals surface area contributed by atoms with Crippen LogP contribution in [0, 0.1) is 5.92 Å². The molecule has 2 aromatic rings. The minimum atomic E-state index is -1.20. The van der Waals surface area contributed by atoms with Crippen molar-refractivity contribution in [1.29, 1.82) is 0 Å². The van der Waals surface area contributed by atoms with Crippen molar-refractivity contribution < 1.29 is 14.6 Å². The van der Waals surface area contributed by atoms with Gasteiger partial charge in [-0.05, 0) is 44.2 Å². The SMILES string of the molecule is C[C@H]1COc2c(N3CC[C@@H](C4(N)CC4)C3)ccc3cc(C(=O)O)c(=O)n1c23. The van der Waals surface area contributed by atoms with E-state index in [0.29, 0.717) is 29.2 Å². The summed E-state index contributed by atoms with van der Waals surface area (Å²) in [6, 6.07) is 5.11. The Morgan fingerprint density at radius 3 is 2.85 bits per heavy atom. The number of aromatic carboxylic acids is 1. The number of hydrogen-bond acceptors (Lipinski definition) is 5. The number of hydrogen-bond donors (Lipinski definition) is 2. The predicted molar refractivity (Wildman–Crippen MR) is 102 cm³/mol. The first-order valence-corrected chi connectivity index (χ1v) is 9.51. The Morgan fingerprint density at radius 2 is 2.15 bits per heavy atom. The van der Waals surface area contributed by atoms with Crippen LogP contribution in [0.1, 0.15) is 42.6 Å². The van der Waals surface area contributed by atoms with Crippen molar-refractivity contribution in [2.24, 2.45) is 11.7 Å². The van der Waals surface area contributed by atoms with Gasteiger partial charge in [0.05, 0.1) is 17.2 Å². The Labute approximate surface area is 156 Å². The summed E-state index contributed by atoms with van der Waals surface area (Å²) in [7, 11) is 0. The summed E-state index contributed by atoms with van der Waals surface area (Å²) in [5, 5.41) is 10.1. The van der Waals surface area contributed by atoms with Gasteiger partial charge in [-0.1, -0.05) is 6.07 Å². The van der Waals surface area contributed by atoms with Gasteiger partial charge in [0.1, 0.15) is 12.2 Å². The van der Waals surface area contributed by atoms with E-state index in [1.807, 2.05) is 19.1 Å². The maximum atomic E-state index is 12.8. The second-order valence-corrected chi connectivity index (χ2v) is 8.21. The van der Waals surface area contributed by atoms with E-state index >= 15 is 0 Å². The first-order chi connectivity index (χ1) is 12.9. The zero-order valence-corrected chi connectivity index (χ0v) is 15.3. The number of rotatable bonds is 3. The number of nitrogens with two attached hydrogens (primary N) is 1. The van der Waals surface area contributed by atoms with Crippen LogP contribution in [0.3, 0.4) is 0 Å². The van der Waals surface area contributed by atoms with Crippen LogP contribution in [0.4, 0.5) is 5.69 Å². The molecule has 5 rings (SSSR count). The summed E-state index contributed by atoms with van der Waals surface area (Å²) in [6.45, 7) is 4.03. The van der Waals surface area contributed by atoms with Crippen LogP contribution in [-0.2, 0) is 0 Å². The second kappa shape index (κ2) is 5.48. The zero-order chi connectivity index (χ0) is 18.9. The third kappa shape index (κ3) is 2.37. The molecule has 7 nitrogen and oxygen atoms in total. The molecule has 3 heterocycles. The van der Waals surface area contributed by atoms with Crippen molar-refractivity contribution in [1.82, 2.24) is 4.57 Å². The maximum Gasteiger partial charge on any atom is 0.341 e. The van der Waals surface area contributed by atoms with Gasteiger partial charge < -0.3 is 20.5 Å². The van der Waals surface area contributed by atoms with Gasteiger partial charge in [-0.3, -0.25) is 9.36 Å². The molecule has 3 N–H and O–H groups in total. The molecule has 1 aromatic carbocycles. The van der Waals surface area contributed by atoms with Crippen LogP contribution in [0.5, 0.6) is 5.75 Å². The van der Waals surface area contributed by atoms with Crippen LogP contribution < -0.4 is 20.9 Å². The van der Waals surface area contributed by atoms with Crippen molar-refractivity contribution >= 4 is 22.6 Å². The van der Waals surface area contributed by atoms with Gasteiger partial charge in [-0.2, -0.15) is 0 Å². The largest absolute Gasteiger partial charge is 0.487 e. The van der Waals surface area contributed by atoms with Gasteiger partial charge in [0.25, 0.3) is 5.56 Å². The van der Waals surface area contributed by atoms with Crippen LogP contribution in [-0.4, -0.2) is 40.9 Å². The first kappa shape index (κ1) is 16.6. The smallest absolute Gasteiger partial charge is 0.341 e. The van der Waals surface area contributed by atoms with Crippen molar-refractivity contribution in [2.75, 3.05) is 24.6 Å². The summed E-state index contributed by atoms with van der Waals surface area (Å²) in [5.41, 5.74) is 7.40. The van der Waals surface area contributed by atoms with E-state index in [2.05, 4.69) is 4.90 Å². The lowest BCUT2D eigenvalue weighted by Crippen LogP contribution is -2.36. The Bertz CT molecular complexity index is 1020. The number of nitrogens with zero attached hydrogens (tertiary/aromatic N) is 2. The number of ether oxygens (including phenoxy) is 1. The van der Waals surface area contributed by atoms with Gasteiger partial charge in [-0.15, -0.1) is 0 Å². The molecule has 142 valence electrons. The van der Waals surface area contributed by atoms with Gasteiger partial charge >= 0.3 is 5.97 Å². The molecule has 2 atom stereocenters. The Kier molecular flexibility index (Phi) is 3.37. The fourth-order valence-electron chi connectivity index (χ4n) is 4.63. The molecule has 1 saturated heterocycles. The number of benzene rings is 1. The average Bonchev–Trinajstić information content (AvgIpc) is 3.19. The molecule has 2 fully saturated rings. The molecule has 0 radical (unpaired) electrons. The molecule has 7 heteroatoms. The standard InChI is InChI=1S/C20H23N3O4/c1-11-10-27-17-15(22-7-4-13(9-22)20(21)5-6-20)3-2-12-8-14(19(25)26)18(24)23(11)16(12)17/h2-3,8,11,13H,4-7,9-10,21H2,1H3,(H,25,26)/t11-,13+/m0/s1. The highest BCUT2D eigenvalue weighted by atomic mass is 16.5. The summed E-state index contributed by atoms with van der Waals surface area (Å²) < 4.78 is 7.65. The Hall–Kier alpha value is -2.54. The highest BCUT2D eigenvalue weighted by molar-refractivity contribution is 5.97. The van der Waals surface area contributed by atoms with Crippen LogP contribution in [0.25, 0.3) is 10.9 Å². The van der Waals surface area contributed by atoms with E-state index in [1.165, 1.54) is 6.07 Å². The highest BCUT2D eigenvalue weighted by Gasteiger charge is 2.48. The normalized spacial score (nSPS) is 25.5. The molecular weight excluding hydrogens is 346 g/mol. The minimum Gasteiger partial charge on any atom is -0.487 e. The van der Waals surface area contributed by atoms with Gasteiger partial charge in [-0.25, -0.2) is 4.79 Å². The quantitative estimate of drug-likeness (QED) is 0.858. The van der Waals surface area contributed by atoms with Gasteiger partial charge in [0.15, 0.2) is 5.75 Å². The van der Waals surface area contributed by atoms with E-state index in [-0.39, 0.29) is 17.1 Å². The van der Waals surface area contributed by atoms with Gasteiger partial charge in [0.2, 0.25) is 0 Å². The monoisotopic (exact) mass is 369 g/mol. The number of carboxylic acid groups (broad SMARTS) is 1. The predicted octanol–water partition coefficient (Wildman–Crippen LogP) is 1.97. The third-order valence-corrected chi connectivity index (χ3v) is 6.44. The summed E-state index contributed by atoms with van der Waals surface area (Å²) >= 11 is 0. The van der Waals surface area contributed by atoms with E-state index in [1.54, 1.807) is 4.57 Å². The lowest BCUT2D eigenvalue weighted by atomic mass is 9.97. The fourth-order valence-corrected chi connectivity index (χ4v) is 4.63. The van der Waals surface area contributed by atoms with E-state index in [4.69, 9.17) is 10.5 Å². The van der Waals surface area contributed by atoms with E-state index in [0.717, 1.165) is 38.0 Å². The fraction of sp³-hybridized carbons (Fsp3) is 0.500. The molecule has 0 spiro atoms. The van der Waals surface area contributed by atoms with Gasteiger partial charge in [0, 0.05) is 24.0 Å². The van der Waals surface area contributed by atoms with Crippen molar-refractivity contribution in [3.05, 3.63) is 34.1 Å². The molecule has 0 amide bonds. The minimum absolute atomic E-state index is 0.00329. The Morgan fingerprint density at radius 1 is 1.37 bits per heavy atom. The molecule has 1 aliphatic carbocycles. The van der Waals surface area contributed by atoms with Crippen molar-refractivity contribution in [3.8, 4) is 5.75 Å². The number of pyridine rings is 1. The molecule has 3 aliphatic rings. The summed E-state index contributed by atoms with van der Waals surface area (Å²) in [4.78, 5) is 26.6. The van der Waals surface area contributed by atoms with Crippen LogP contribution in [0.2, 0.25) is 0 Å². The molecule has 1 aromatic heterocycles. The number of carbonyl (C=O) groups is 1. The number of aromatic nitrogens is 1. The molecule has 0 unspecified atom stereocenters. The van der Waals surface area contributed by atoms with Crippen molar-refractivity contribution in [2.45, 2.75) is 37.8 Å². The first-order valence-electron chi connectivity index (χ1n) is 9.51. The van der Waals surface area contributed by atoms with Crippen LogP contribution >= 0.6 is 0 Å². The average molecular weight is 369 g/mol. The lowest BCUT2D eigenvalue weighted by Gasteiger charge is -2.30. The summed E-state index contributed by atoms with van der Waals surface area (Å²) in [6.07, 6.45) is 3.26. The molecule has 2 aliphatic heterocycles. The number of carboxylic acids is 1. The van der Waals surface area contributed by atoms with E-state index in [9.17, 15) is 14.7 Å². The number of anilines is 1. The lowest BCUT2D eigenvalue weighted by molar-refractivity contribution is 0.0694. The maximum absolute atomic E-state index is 12.8. The third-order valence-electron chi connectivity index (χ3n) is 6.44. The molecule has 0 bridgehead atoms. The van der Waals surface area contributed by atoms with E-state index < -0.39 is 11.5 Å². The molecule has 1 saturated carbocycles. The van der Waals surface area contributed by atoms with Crippen molar-refractivity contribution in [3.63, 3.8) is 0 Å². The topological polar surface area (TPSA) is 97.8 Å². The summed E-state index contributed by atoms with van der Waals surface area (Å²) in [5.74, 6) is -0.0309.